The summed E-state index contributed by atoms with van der Waals surface area (Å²) in [5, 5.41) is 2.25. The molecule has 0 saturated heterocycles. The Morgan fingerprint density at radius 2 is 0.917 bits per heavy atom. The Bertz CT molecular complexity index is 702. The highest BCUT2D eigenvalue weighted by molar-refractivity contribution is 8.76. The summed E-state index contributed by atoms with van der Waals surface area (Å²) in [6.45, 7) is 17.4. The van der Waals surface area contributed by atoms with E-state index in [1.807, 2.05) is 0 Å². The highest BCUT2D eigenvalue weighted by atomic mass is 33.1. The summed E-state index contributed by atoms with van der Waals surface area (Å²) < 4.78 is 0. The number of nitrogens with zero attached hydrogens (tertiary/aromatic N) is 2. The summed E-state index contributed by atoms with van der Waals surface area (Å²) in [6, 6.07) is 0. The maximum Gasteiger partial charge on any atom is 0.110 e. The molecule has 2 rings (SSSR count). The lowest BCUT2D eigenvalue weighted by molar-refractivity contribution is 0.939. The molecule has 0 fully saturated rings. The van der Waals surface area contributed by atoms with Crippen molar-refractivity contribution in [1.29, 1.82) is 0 Å². The first-order valence-corrected chi connectivity index (χ1v) is 10.7. The number of aryl methyl sites for hydroxylation is 2. The lowest BCUT2D eigenvalue weighted by Crippen LogP contribution is -2.02. The second kappa shape index (κ2) is 7.92. The van der Waals surface area contributed by atoms with Gasteiger partial charge < -0.3 is 0 Å². The van der Waals surface area contributed by atoms with E-state index in [4.69, 9.17) is 9.97 Å². The minimum Gasteiger partial charge on any atom is -0.245 e. The molecule has 2 aromatic heterocycles. The molecule has 0 N–H and O–H groups in total. The van der Waals surface area contributed by atoms with Crippen LogP contribution >= 0.6 is 21.6 Å². The van der Waals surface area contributed by atoms with Crippen LogP contribution < -0.4 is 0 Å². The molecule has 0 bridgehead atoms. The smallest absolute Gasteiger partial charge is 0.110 e. The maximum atomic E-state index is 4.82. The van der Waals surface area contributed by atoms with Gasteiger partial charge in [-0.3, -0.25) is 0 Å². The molecule has 24 heavy (non-hydrogen) atoms. The van der Waals surface area contributed by atoms with Gasteiger partial charge in [-0.25, -0.2) is 9.97 Å². The molecule has 0 radical (unpaired) electrons. The molecule has 0 saturated carbocycles. The molecule has 0 amide bonds. The minimum atomic E-state index is 1.06. The van der Waals surface area contributed by atoms with Crippen molar-refractivity contribution in [3.63, 3.8) is 0 Å². The van der Waals surface area contributed by atoms with Gasteiger partial charge in [0.15, 0.2) is 0 Å². The highest BCUT2D eigenvalue weighted by Crippen LogP contribution is 2.41. The molecule has 2 heterocycles. The molecule has 0 spiro atoms. The Morgan fingerprint density at radius 3 is 1.21 bits per heavy atom. The largest absolute Gasteiger partial charge is 0.245 e. The number of hydrogen-bond donors (Lipinski definition) is 0. The zero-order valence-electron chi connectivity index (χ0n) is 16.1. The third kappa shape index (κ3) is 3.65. The van der Waals surface area contributed by atoms with Crippen LogP contribution in [0.25, 0.3) is 0 Å². The minimum absolute atomic E-state index is 1.06. The van der Waals surface area contributed by atoms with Crippen molar-refractivity contribution in [2.24, 2.45) is 0 Å². The van der Waals surface area contributed by atoms with Gasteiger partial charge in [0.1, 0.15) is 10.1 Å². The quantitative estimate of drug-likeness (QED) is 0.588. The van der Waals surface area contributed by atoms with Crippen LogP contribution in [0.15, 0.2) is 10.1 Å². The van der Waals surface area contributed by atoms with Crippen molar-refractivity contribution in [1.82, 2.24) is 9.97 Å². The second-order valence-electron chi connectivity index (χ2n) is 6.34. The molecule has 0 aromatic carbocycles. The lowest BCUT2D eigenvalue weighted by Gasteiger charge is -2.16. The normalized spacial score (nSPS) is 11.2. The van der Waals surface area contributed by atoms with Gasteiger partial charge in [0.25, 0.3) is 0 Å². The van der Waals surface area contributed by atoms with Gasteiger partial charge in [-0.2, -0.15) is 0 Å². The first-order valence-electron chi connectivity index (χ1n) is 8.59. The number of hydrogen-bond acceptors (Lipinski definition) is 4. The summed E-state index contributed by atoms with van der Waals surface area (Å²) >= 11 is 0. The third-order valence-corrected chi connectivity index (χ3v) is 7.37. The van der Waals surface area contributed by atoms with Gasteiger partial charge in [0, 0.05) is 11.4 Å². The van der Waals surface area contributed by atoms with E-state index >= 15 is 0 Å². The molecule has 0 unspecified atom stereocenters. The van der Waals surface area contributed by atoms with Gasteiger partial charge in [0.05, 0.1) is 0 Å². The number of aromatic nitrogens is 2. The Balaban J connectivity index is 2.36. The fourth-order valence-electron chi connectivity index (χ4n) is 3.20. The van der Waals surface area contributed by atoms with Crippen LogP contribution in [-0.4, -0.2) is 9.97 Å². The summed E-state index contributed by atoms with van der Waals surface area (Å²) in [5.74, 6) is 0. The molecule has 0 aliphatic rings. The van der Waals surface area contributed by atoms with E-state index in [0.29, 0.717) is 0 Å². The van der Waals surface area contributed by atoms with Crippen LogP contribution in [0.2, 0.25) is 0 Å². The van der Waals surface area contributed by atoms with Crippen LogP contribution in [0.1, 0.15) is 58.6 Å². The average molecular weight is 361 g/mol. The van der Waals surface area contributed by atoms with E-state index in [2.05, 4.69) is 55.4 Å². The van der Waals surface area contributed by atoms with Crippen molar-refractivity contribution in [3.8, 4) is 0 Å². The monoisotopic (exact) mass is 360 g/mol. The van der Waals surface area contributed by atoms with E-state index in [1.165, 1.54) is 33.4 Å². The van der Waals surface area contributed by atoms with Gasteiger partial charge in [-0.05, 0) is 109 Å². The van der Waals surface area contributed by atoms with Crippen molar-refractivity contribution < 1.29 is 0 Å². The average Bonchev–Trinajstić information content (AvgIpc) is 2.55. The summed E-state index contributed by atoms with van der Waals surface area (Å²) in [6.07, 6.45) is 2.11. The van der Waals surface area contributed by atoms with Crippen molar-refractivity contribution in [2.75, 3.05) is 0 Å². The SMILES string of the molecule is CCc1c(C)c(C)nc(SSc2nc(C)c(C)c(CC)c2C)c1C. The van der Waals surface area contributed by atoms with Crippen molar-refractivity contribution in [2.45, 2.75) is 78.3 Å². The molecule has 0 atom stereocenters. The summed E-state index contributed by atoms with van der Waals surface area (Å²) in [5.41, 5.74) is 10.4. The van der Waals surface area contributed by atoms with E-state index < -0.39 is 0 Å². The van der Waals surface area contributed by atoms with Crippen LogP contribution in [0.4, 0.5) is 0 Å². The van der Waals surface area contributed by atoms with Crippen LogP contribution in [0.5, 0.6) is 0 Å². The predicted octanol–water partition coefficient (Wildman–Crippen LogP) is 6.25. The molecular weight excluding hydrogens is 332 g/mol. The molecule has 2 aromatic rings. The molecule has 2 nitrogen and oxygen atoms in total. The molecule has 130 valence electrons. The standard InChI is InChI=1S/C20H28N2S2/c1-9-17-11(3)15(7)21-19(13(17)5)23-24-20-14(6)18(10-2)12(4)16(8)22-20/h9-10H2,1-8H3. The van der Waals surface area contributed by atoms with Gasteiger partial charge in [0.2, 0.25) is 0 Å². The Kier molecular flexibility index (Phi) is 6.38. The third-order valence-electron chi connectivity index (χ3n) is 4.98. The van der Waals surface area contributed by atoms with Crippen LogP contribution in [-0.2, 0) is 12.8 Å². The molecule has 0 aliphatic heterocycles. The molecular formula is C20H28N2S2. The second-order valence-corrected chi connectivity index (χ2v) is 8.44. The van der Waals surface area contributed by atoms with E-state index in [-0.39, 0.29) is 0 Å². The maximum absolute atomic E-state index is 4.82. The topological polar surface area (TPSA) is 25.8 Å². The van der Waals surface area contributed by atoms with Crippen LogP contribution in [0.3, 0.4) is 0 Å². The van der Waals surface area contributed by atoms with E-state index in [0.717, 1.165) is 34.3 Å². The zero-order valence-corrected chi connectivity index (χ0v) is 17.8. The van der Waals surface area contributed by atoms with Crippen molar-refractivity contribution in [3.05, 3.63) is 44.8 Å². The number of pyridine rings is 2. The van der Waals surface area contributed by atoms with Gasteiger partial charge in [-0.15, -0.1) is 0 Å². The number of rotatable bonds is 5. The zero-order chi connectivity index (χ0) is 18.0. The molecule has 4 heteroatoms. The Morgan fingerprint density at radius 1 is 0.583 bits per heavy atom. The van der Waals surface area contributed by atoms with Crippen LogP contribution in [0, 0.1) is 41.5 Å². The van der Waals surface area contributed by atoms with E-state index in [9.17, 15) is 0 Å². The fraction of sp³-hybridized carbons (Fsp3) is 0.500. The predicted molar refractivity (Wildman–Crippen MR) is 107 cm³/mol. The Labute approximate surface area is 154 Å². The van der Waals surface area contributed by atoms with Crippen molar-refractivity contribution >= 4 is 21.6 Å². The first-order chi connectivity index (χ1) is 11.3. The summed E-state index contributed by atoms with van der Waals surface area (Å²) in [7, 11) is 3.49. The lowest BCUT2D eigenvalue weighted by atomic mass is 10.0. The summed E-state index contributed by atoms with van der Waals surface area (Å²) in [4.78, 5) is 9.65. The van der Waals surface area contributed by atoms with E-state index in [1.54, 1.807) is 21.6 Å². The highest BCUT2D eigenvalue weighted by Gasteiger charge is 2.15. The molecule has 0 aliphatic carbocycles. The van der Waals surface area contributed by atoms with Gasteiger partial charge >= 0.3 is 0 Å². The Hall–Kier alpha value is -1.00. The fourth-order valence-corrected chi connectivity index (χ4v) is 5.65. The first kappa shape index (κ1) is 19.3. The van der Waals surface area contributed by atoms with Gasteiger partial charge in [-0.1, -0.05) is 13.8 Å².